The number of aliphatic hydroxyl groups is 1. The number of phenols is 1. The van der Waals surface area contributed by atoms with Crippen LogP contribution in [0.4, 0.5) is 0 Å². The van der Waals surface area contributed by atoms with Gasteiger partial charge in [0.2, 0.25) is 5.91 Å². The zero-order valence-corrected chi connectivity index (χ0v) is 14.9. The number of ether oxygens (including phenoxy) is 1. The Morgan fingerprint density at radius 2 is 1.84 bits per heavy atom. The number of aromatic hydroxyl groups is 1. The maximum absolute atomic E-state index is 12.0. The van der Waals surface area contributed by atoms with Crippen molar-refractivity contribution >= 4 is 27.8 Å². The second kappa shape index (κ2) is 9.19. The van der Waals surface area contributed by atoms with Crippen LogP contribution in [0.3, 0.4) is 0 Å². The molecule has 2 aromatic carbocycles. The summed E-state index contributed by atoms with van der Waals surface area (Å²) in [6.07, 6.45) is 0.00133. The molecule has 0 heterocycles. The van der Waals surface area contributed by atoms with Gasteiger partial charge in [0.25, 0.3) is 0 Å². The lowest BCUT2D eigenvalue weighted by molar-refractivity contribution is -0.150. The highest BCUT2D eigenvalue weighted by Gasteiger charge is 2.21. The first-order valence-electron chi connectivity index (χ1n) is 7.57. The van der Waals surface area contributed by atoms with Crippen LogP contribution in [0.1, 0.15) is 11.1 Å². The molecule has 0 aliphatic rings. The number of carbonyl (C=O) groups excluding carboxylic acids is 2. The molecule has 0 radical (unpaired) electrons. The number of rotatable bonds is 7. The van der Waals surface area contributed by atoms with Gasteiger partial charge < -0.3 is 20.3 Å². The van der Waals surface area contributed by atoms with Crippen molar-refractivity contribution in [3.8, 4) is 5.75 Å². The van der Waals surface area contributed by atoms with E-state index in [-0.39, 0.29) is 18.8 Å². The molecule has 3 N–H and O–H groups in total. The quantitative estimate of drug-likeness (QED) is 0.609. The molecular formula is C18H18BrNO5. The number of hydrogen-bond acceptors (Lipinski definition) is 5. The average molecular weight is 408 g/mol. The zero-order chi connectivity index (χ0) is 18.2. The fourth-order valence-corrected chi connectivity index (χ4v) is 2.53. The highest BCUT2D eigenvalue weighted by atomic mass is 79.9. The Bertz CT molecular complexity index is 736. The predicted molar refractivity (Wildman–Crippen MR) is 94.8 cm³/mol. The van der Waals surface area contributed by atoms with Crippen molar-refractivity contribution in [1.82, 2.24) is 5.32 Å². The Morgan fingerprint density at radius 1 is 1.12 bits per heavy atom. The molecule has 7 heteroatoms. The van der Waals surface area contributed by atoms with E-state index in [2.05, 4.69) is 21.2 Å². The fraction of sp³-hybridized carbons (Fsp3) is 0.222. The monoisotopic (exact) mass is 407 g/mol. The largest absolute Gasteiger partial charge is 0.507 e. The Hall–Kier alpha value is -2.38. The van der Waals surface area contributed by atoms with E-state index in [1.807, 2.05) is 30.3 Å². The van der Waals surface area contributed by atoms with E-state index < -0.39 is 24.5 Å². The number of hydrogen-bond donors (Lipinski definition) is 3. The second-order valence-corrected chi connectivity index (χ2v) is 6.21. The summed E-state index contributed by atoms with van der Waals surface area (Å²) >= 11 is 3.17. The summed E-state index contributed by atoms with van der Waals surface area (Å²) in [5.74, 6) is -1.07. The molecular weight excluding hydrogens is 390 g/mol. The molecule has 2 aromatic rings. The average Bonchev–Trinajstić information content (AvgIpc) is 2.61. The van der Waals surface area contributed by atoms with Crippen LogP contribution < -0.4 is 5.32 Å². The summed E-state index contributed by atoms with van der Waals surface area (Å²) in [6.45, 7) is -0.490. The van der Waals surface area contributed by atoms with Crippen molar-refractivity contribution in [2.24, 2.45) is 0 Å². The first-order valence-corrected chi connectivity index (χ1v) is 8.37. The van der Waals surface area contributed by atoms with Gasteiger partial charge in [-0.2, -0.15) is 0 Å². The third-order valence-electron chi connectivity index (χ3n) is 3.40. The lowest BCUT2D eigenvalue weighted by Gasteiger charge is -2.15. The number of carbonyl (C=O) groups is 2. The minimum atomic E-state index is -1.13. The van der Waals surface area contributed by atoms with Gasteiger partial charge in [-0.25, -0.2) is 4.79 Å². The lowest BCUT2D eigenvalue weighted by atomic mass is 10.1. The van der Waals surface area contributed by atoms with Gasteiger partial charge in [0.1, 0.15) is 12.4 Å². The molecule has 0 spiro atoms. The van der Waals surface area contributed by atoms with Crippen molar-refractivity contribution in [3.05, 3.63) is 64.1 Å². The number of amides is 1. The topological polar surface area (TPSA) is 95.9 Å². The van der Waals surface area contributed by atoms with Crippen LogP contribution in [0.25, 0.3) is 0 Å². The van der Waals surface area contributed by atoms with Crippen molar-refractivity contribution in [3.63, 3.8) is 0 Å². The van der Waals surface area contributed by atoms with Crippen LogP contribution in [-0.4, -0.2) is 34.7 Å². The number of benzene rings is 2. The highest BCUT2D eigenvalue weighted by molar-refractivity contribution is 9.10. The number of esters is 1. The van der Waals surface area contributed by atoms with E-state index in [1.165, 1.54) is 6.07 Å². The summed E-state index contributed by atoms with van der Waals surface area (Å²) in [6, 6.07) is 12.7. The van der Waals surface area contributed by atoms with Crippen molar-refractivity contribution in [1.29, 1.82) is 0 Å². The van der Waals surface area contributed by atoms with Gasteiger partial charge >= 0.3 is 5.97 Å². The van der Waals surface area contributed by atoms with Gasteiger partial charge in [0.05, 0.1) is 17.5 Å². The molecule has 1 atom stereocenters. The Morgan fingerprint density at radius 3 is 2.48 bits per heavy atom. The fourth-order valence-electron chi connectivity index (χ4n) is 2.10. The normalized spacial score (nSPS) is 11.6. The molecule has 0 saturated heterocycles. The molecule has 0 fully saturated rings. The molecule has 25 heavy (non-hydrogen) atoms. The molecule has 2 rings (SSSR count). The van der Waals surface area contributed by atoms with Gasteiger partial charge in [-0.1, -0.05) is 36.4 Å². The molecule has 0 unspecified atom stereocenters. The SMILES string of the molecule is O=C(Cc1ccc(O)c(Br)c1)N[C@H](CO)C(=O)OCc1ccccc1. The third-order valence-corrected chi connectivity index (χ3v) is 4.04. The number of phenolic OH excluding ortho intramolecular Hbond substituents is 1. The van der Waals surface area contributed by atoms with Crippen LogP contribution in [0.5, 0.6) is 5.75 Å². The minimum Gasteiger partial charge on any atom is -0.507 e. The highest BCUT2D eigenvalue weighted by Crippen LogP contribution is 2.24. The maximum atomic E-state index is 12.0. The molecule has 0 aromatic heterocycles. The van der Waals surface area contributed by atoms with Gasteiger partial charge in [-0.05, 0) is 39.2 Å². The summed E-state index contributed by atoms with van der Waals surface area (Å²) in [5.41, 5.74) is 1.46. The number of aliphatic hydroxyl groups excluding tert-OH is 1. The molecule has 0 saturated carbocycles. The molecule has 0 bridgehead atoms. The van der Waals surface area contributed by atoms with Crippen LogP contribution >= 0.6 is 15.9 Å². The molecule has 6 nitrogen and oxygen atoms in total. The summed E-state index contributed by atoms with van der Waals surface area (Å²) in [4.78, 5) is 24.0. The van der Waals surface area contributed by atoms with Crippen LogP contribution in [0, 0.1) is 0 Å². The van der Waals surface area contributed by atoms with Crippen molar-refractivity contribution in [2.45, 2.75) is 19.1 Å². The minimum absolute atomic E-state index is 0.00133. The third kappa shape index (κ3) is 5.88. The van der Waals surface area contributed by atoms with Gasteiger partial charge in [-0.3, -0.25) is 4.79 Å². The summed E-state index contributed by atoms with van der Waals surface area (Å²) in [5, 5.41) is 21.2. The van der Waals surface area contributed by atoms with E-state index in [9.17, 15) is 19.8 Å². The first kappa shape index (κ1) is 19.0. The number of nitrogens with one attached hydrogen (secondary N) is 1. The van der Waals surface area contributed by atoms with E-state index in [0.717, 1.165) is 5.56 Å². The van der Waals surface area contributed by atoms with Gasteiger partial charge in [0.15, 0.2) is 6.04 Å². The van der Waals surface area contributed by atoms with Crippen LogP contribution in [0.15, 0.2) is 53.0 Å². The summed E-state index contributed by atoms with van der Waals surface area (Å²) < 4.78 is 5.58. The lowest BCUT2D eigenvalue weighted by Crippen LogP contribution is -2.44. The smallest absolute Gasteiger partial charge is 0.331 e. The van der Waals surface area contributed by atoms with Crippen LogP contribution in [0.2, 0.25) is 0 Å². The van der Waals surface area contributed by atoms with Crippen LogP contribution in [-0.2, 0) is 27.4 Å². The first-order chi connectivity index (χ1) is 12.0. The standard InChI is InChI=1S/C18H18BrNO5/c19-14-8-13(6-7-16(14)22)9-17(23)20-15(10-21)18(24)25-11-12-4-2-1-3-5-12/h1-8,15,21-22H,9-11H2,(H,20,23)/t15-/m1/s1. The Labute approximate surface area is 153 Å². The molecule has 132 valence electrons. The van der Waals surface area contributed by atoms with E-state index in [0.29, 0.717) is 10.0 Å². The predicted octanol–water partition coefficient (Wildman–Crippen LogP) is 1.92. The molecule has 0 aliphatic heterocycles. The van der Waals surface area contributed by atoms with E-state index >= 15 is 0 Å². The van der Waals surface area contributed by atoms with E-state index in [4.69, 9.17) is 4.74 Å². The Kier molecular flexibility index (Phi) is 6.97. The van der Waals surface area contributed by atoms with E-state index in [1.54, 1.807) is 12.1 Å². The maximum Gasteiger partial charge on any atom is 0.331 e. The Balaban J connectivity index is 1.88. The summed E-state index contributed by atoms with van der Waals surface area (Å²) in [7, 11) is 0. The zero-order valence-electron chi connectivity index (χ0n) is 13.3. The molecule has 1 amide bonds. The van der Waals surface area contributed by atoms with Crippen molar-refractivity contribution < 1.29 is 24.5 Å². The van der Waals surface area contributed by atoms with Gasteiger partial charge in [0, 0.05) is 0 Å². The molecule has 0 aliphatic carbocycles. The second-order valence-electron chi connectivity index (χ2n) is 5.36. The van der Waals surface area contributed by atoms with Gasteiger partial charge in [-0.15, -0.1) is 0 Å². The number of halogens is 1. The van der Waals surface area contributed by atoms with Crippen molar-refractivity contribution in [2.75, 3.05) is 6.61 Å².